The second kappa shape index (κ2) is 4.98. The first-order valence-electron chi connectivity index (χ1n) is 5.18. The lowest BCUT2D eigenvalue weighted by Gasteiger charge is -2.07. The number of anilines is 1. The van der Waals surface area contributed by atoms with E-state index in [0.717, 1.165) is 24.4 Å². The molecule has 0 atom stereocenters. The van der Waals surface area contributed by atoms with Crippen LogP contribution in [0, 0.1) is 11.6 Å². The molecule has 19 heavy (non-hydrogen) atoms. The van der Waals surface area contributed by atoms with Gasteiger partial charge in [-0.1, -0.05) is 0 Å². The van der Waals surface area contributed by atoms with E-state index < -0.39 is 27.3 Å². The zero-order valence-electron chi connectivity index (χ0n) is 9.52. The third-order valence-corrected chi connectivity index (χ3v) is 3.71. The minimum Gasteiger partial charge on any atom is -0.390 e. The van der Waals surface area contributed by atoms with Crippen LogP contribution in [0.3, 0.4) is 0 Å². The van der Waals surface area contributed by atoms with Crippen LogP contribution >= 0.6 is 0 Å². The van der Waals surface area contributed by atoms with Gasteiger partial charge in [-0.2, -0.15) is 0 Å². The Balaban J connectivity index is 2.33. The van der Waals surface area contributed by atoms with Gasteiger partial charge in [-0.25, -0.2) is 17.2 Å². The van der Waals surface area contributed by atoms with E-state index in [-0.39, 0.29) is 11.5 Å². The summed E-state index contributed by atoms with van der Waals surface area (Å²) < 4.78 is 52.0. The molecule has 1 aromatic carbocycles. The lowest BCUT2D eigenvalue weighted by molar-refractivity contribution is 0.277. The van der Waals surface area contributed by atoms with E-state index in [9.17, 15) is 17.2 Å². The fraction of sp³-hybridized carbons (Fsp3) is 0.0909. The van der Waals surface area contributed by atoms with Crippen LogP contribution in [0.4, 0.5) is 14.5 Å². The van der Waals surface area contributed by atoms with Crippen molar-refractivity contribution in [3.63, 3.8) is 0 Å². The third-order valence-electron chi connectivity index (χ3n) is 2.37. The van der Waals surface area contributed by atoms with E-state index in [1.807, 2.05) is 4.72 Å². The summed E-state index contributed by atoms with van der Waals surface area (Å²) in [5.74, 6) is -1.65. The first-order valence-corrected chi connectivity index (χ1v) is 6.67. The number of benzene rings is 1. The van der Waals surface area contributed by atoms with Gasteiger partial charge in [0.1, 0.15) is 16.5 Å². The van der Waals surface area contributed by atoms with E-state index in [4.69, 9.17) is 5.11 Å². The quantitative estimate of drug-likeness (QED) is 0.799. The van der Waals surface area contributed by atoms with E-state index in [1.165, 1.54) is 6.07 Å². The number of nitrogens with one attached hydrogen (secondary N) is 2. The van der Waals surface area contributed by atoms with Crippen molar-refractivity contribution in [1.29, 1.82) is 0 Å². The Morgan fingerprint density at radius 1 is 1.26 bits per heavy atom. The van der Waals surface area contributed by atoms with E-state index in [1.54, 1.807) is 0 Å². The van der Waals surface area contributed by atoms with Crippen LogP contribution in [0.5, 0.6) is 0 Å². The lowest BCUT2D eigenvalue weighted by Crippen LogP contribution is -2.13. The number of halogens is 2. The SMILES string of the molecule is O=S(=O)(Nc1cc(F)ccc1F)c1c[nH]c(CO)c1. The maximum absolute atomic E-state index is 13.3. The summed E-state index contributed by atoms with van der Waals surface area (Å²) in [7, 11) is -4.04. The monoisotopic (exact) mass is 288 g/mol. The topological polar surface area (TPSA) is 82.2 Å². The van der Waals surface area contributed by atoms with Crippen molar-refractivity contribution in [3.8, 4) is 0 Å². The molecule has 0 aliphatic rings. The highest BCUT2D eigenvalue weighted by Crippen LogP contribution is 2.20. The molecule has 2 rings (SSSR count). The first kappa shape index (κ1) is 13.5. The average molecular weight is 288 g/mol. The molecule has 8 heteroatoms. The summed E-state index contributed by atoms with van der Waals surface area (Å²) >= 11 is 0. The van der Waals surface area contributed by atoms with Crippen LogP contribution < -0.4 is 4.72 Å². The van der Waals surface area contributed by atoms with Gasteiger partial charge in [0.25, 0.3) is 10.0 Å². The van der Waals surface area contributed by atoms with Gasteiger partial charge in [0.15, 0.2) is 0 Å². The van der Waals surface area contributed by atoms with Gasteiger partial charge in [0.2, 0.25) is 0 Å². The molecule has 0 saturated heterocycles. The fourth-order valence-electron chi connectivity index (χ4n) is 1.44. The first-order chi connectivity index (χ1) is 8.92. The highest BCUT2D eigenvalue weighted by molar-refractivity contribution is 7.92. The van der Waals surface area contributed by atoms with Crippen molar-refractivity contribution in [2.75, 3.05) is 4.72 Å². The molecule has 5 nitrogen and oxygen atoms in total. The molecule has 2 aromatic rings. The van der Waals surface area contributed by atoms with Crippen molar-refractivity contribution in [1.82, 2.24) is 4.98 Å². The number of hydrogen-bond donors (Lipinski definition) is 3. The Labute approximate surface area is 107 Å². The second-order valence-electron chi connectivity index (χ2n) is 3.75. The summed E-state index contributed by atoms with van der Waals surface area (Å²) in [5.41, 5.74) is -0.188. The van der Waals surface area contributed by atoms with Gasteiger partial charge >= 0.3 is 0 Å². The van der Waals surface area contributed by atoms with Gasteiger partial charge in [-0.3, -0.25) is 4.72 Å². The Morgan fingerprint density at radius 3 is 2.63 bits per heavy atom. The molecule has 3 N–H and O–H groups in total. The zero-order valence-corrected chi connectivity index (χ0v) is 10.3. The van der Waals surface area contributed by atoms with Crippen molar-refractivity contribution in [2.45, 2.75) is 11.5 Å². The number of sulfonamides is 1. The van der Waals surface area contributed by atoms with Crippen molar-refractivity contribution in [3.05, 3.63) is 47.8 Å². The number of H-pyrrole nitrogens is 1. The van der Waals surface area contributed by atoms with E-state index in [0.29, 0.717) is 5.69 Å². The van der Waals surface area contributed by atoms with Crippen molar-refractivity contribution < 1.29 is 22.3 Å². The Kier molecular flexibility index (Phi) is 3.54. The highest BCUT2D eigenvalue weighted by Gasteiger charge is 2.18. The molecule has 0 amide bonds. The summed E-state index contributed by atoms with van der Waals surface area (Å²) in [6.07, 6.45) is 1.14. The highest BCUT2D eigenvalue weighted by atomic mass is 32.2. The van der Waals surface area contributed by atoms with Gasteiger partial charge in [0.05, 0.1) is 12.3 Å². The predicted octanol–water partition coefficient (Wildman–Crippen LogP) is 1.59. The number of hydrogen-bond acceptors (Lipinski definition) is 3. The van der Waals surface area contributed by atoms with Crippen LogP contribution in [-0.4, -0.2) is 18.5 Å². The molecule has 0 bridgehead atoms. The van der Waals surface area contributed by atoms with Crippen molar-refractivity contribution >= 4 is 15.7 Å². The largest absolute Gasteiger partial charge is 0.390 e. The number of aliphatic hydroxyl groups is 1. The maximum Gasteiger partial charge on any atom is 0.263 e. The second-order valence-corrected chi connectivity index (χ2v) is 5.43. The molecule has 102 valence electrons. The average Bonchev–Trinajstić information content (AvgIpc) is 2.83. The van der Waals surface area contributed by atoms with E-state index >= 15 is 0 Å². The van der Waals surface area contributed by atoms with Gasteiger partial charge in [0, 0.05) is 18.0 Å². The molecular formula is C11H10F2N2O3S. The number of aromatic amines is 1. The summed E-state index contributed by atoms with van der Waals surface area (Å²) in [6, 6.07) is 3.64. The summed E-state index contributed by atoms with van der Waals surface area (Å²) in [4.78, 5) is 2.36. The number of aliphatic hydroxyl groups excluding tert-OH is 1. The fourth-order valence-corrected chi connectivity index (χ4v) is 2.52. The number of aromatic nitrogens is 1. The molecule has 0 spiro atoms. The van der Waals surface area contributed by atoms with Crippen molar-refractivity contribution in [2.24, 2.45) is 0 Å². The molecule has 0 fully saturated rings. The zero-order chi connectivity index (χ0) is 14.0. The Hall–Kier alpha value is -1.93. The van der Waals surface area contributed by atoms with Crippen LogP contribution in [0.15, 0.2) is 35.4 Å². The molecular weight excluding hydrogens is 278 g/mol. The molecule has 0 unspecified atom stereocenters. The standard InChI is InChI=1S/C11H10F2N2O3S/c12-7-1-2-10(13)11(3-7)15-19(17,18)9-4-8(6-16)14-5-9/h1-5,14-16H,6H2. The summed E-state index contributed by atoms with van der Waals surface area (Å²) in [6.45, 7) is -0.357. The minimum absolute atomic E-state index is 0.180. The molecule has 1 heterocycles. The molecule has 0 aliphatic carbocycles. The molecule has 1 aromatic heterocycles. The van der Waals surface area contributed by atoms with Crippen LogP contribution in [0.2, 0.25) is 0 Å². The molecule has 0 radical (unpaired) electrons. The Bertz CT molecular complexity index is 698. The Morgan fingerprint density at radius 2 is 2.00 bits per heavy atom. The van der Waals surface area contributed by atoms with Gasteiger partial charge in [-0.05, 0) is 18.2 Å². The lowest BCUT2D eigenvalue weighted by atomic mass is 10.3. The maximum atomic E-state index is 13.3. The van der Waals surface area contributed by atoms with E-state index in [2.05, 4.69) is 4.98 Å². The molecule has 0 saturated carbocycles. The van der Waals surface area contributed by atoms with Gasteiger partial charge in [-0.15, -0.1) is 0 Å². The normalized spacial score (nSPS) is 11.5. The summed E-state index contributed by atoms with van der Waals surface area (Å²) in [5, 5.41) is 8.83. The van der Waals surface area contributed by atoms with Crippen LogP contribution in [0.1, 0.15) is 5.69 Å². The smallest absolute Gasteiger partial charge is 0.263 e. The van der Waals surface area contributed by atoms with Crippen LogP contribution in [-0.2, 0) is 16.6 Å². The third kappa shape index (κ3) is 2.91. The molecule has 0 aliphatic heterocycles. The van der Waals surface area contributed by atoms with Crippen LogP contribution in [0.25, 0.3) is 0 Å². The minimum atomic E-state index is -4.04. The van der Waals surface area contributed by atoms with Gasteiger partial charge < -0.3 is 10.1 Å². The number of rotatable bonds is 4. The predicted molar refractivity (Wildman–Crippen MR) is 63.9 cm³/mol.